The van der Waals surface area contributed by atoms with E-state index >= 15 is 0 Å². The normalized spacial score (nSPS) is 12.7. The molecule has 0 bridgehead atoms. The van der Waals surface area contributed by atoms with Crippen LogP contribution in [0.1, 0.15) is 0 Å². The summed E-state index contributed by atoms with van der Waals surface area (Å²) in [5.74, 6) is -0.224. The van der Waals surface area contributed by atoms with Crippen molar-refractivity contribution in [1.82, 2.24) is 15.0 Å². The minimum atomic E-state index is -4.91. The molecule has 4 aromatic carbocycles. The Balaban J connectivity index is 1.70. The van der Waals surface area contributed by atoms with Crippen LogP contribution in [0.25, 0.3) is 21.5 Å². The van der Waals surface area contributed by atoms with Crippen LogP contribution in [0, 0.1) is 0 Å². The quantitative estimate of drug-likeness (QED) is 0.120. The fourth-order valence-electron chi connectivity index (χ4n) is 4.13. The van der Waals surface area contributed by atoms with Gasteiger partial charge in [0.15, 0.2) is 0 Å². The van der Waals surface area contributed by atoms with Crippen molar-refractivity contribution in [3.8, 4) is 0 Å². The summed E-state index contributed by atoms with van der Waals surface area (Å²) in [6.07, 6.45) is 0. The predicted octanol–water partition coefficient (Wildman–Crippen LogP) is 4.31. The number of hydrogen-bond donors (Lipinski definition) is 5. The highest BCUT2D eigenvalue weighted by Gasteiger charge is 2.21. The van der Waals surface area contributed by atoms with E-state index in [0.29, 0.717) is 11.1 Å². The zero-order chi connectivity index (χ0) is 31.3. The first-order valence-corrected chi connectivity index (χ1v) is 16.1. The van der Waals surface area contributed by atoms with Gasteiger partial charge in [-0.1, -0.05) is 18.2 Å². The number of azo groups is 1. The molecule has 5 rings (SSSR count). The standard InChI is InChI=1S/C23H16ClN7O9S3/c24-21-27-22(25)29-23(28-21)26-17-6-7-18(15-10-12(41(32,33)34)4-5-13(15)17)31-30-11-8-16-14(20(9-11)43(38,39)40)2-1-3-19(16)42(35,36)37/h1-10H,(H,32,33,34)(H,35,36,37)(H,38,39,40)(H3,25,26,27,28,29)/b31-30-. The molecular weight excluding hydrogens is 650 g/mol. The summed E-state index contributed by atoms with van der Waals surface area (Å²) < 4.78 is 101. The Kier molecular flexibility index (Phi) is 7.50. The van der Waals surface area contributed by atoms with Crippen LogP contribution in [0.4, 0.5) is 29.0 Å². The van der Waals surface area contributed by atoms with E-state index in [-0.39, 0.29) is 44.7 Å². The minimum Gasteiger partial charge on any atom is -0.368 e. The average Bonchev–Trinajstić information content (AvgIpc) is 2.89. The molecule has 1 aromatic heterocycles. The summed E-state index contributed by atoms with van der Waals surface area (Å²) in [5, 5.41) is 10.7. The van der Waals surface area contributed by atoms with Crippen molar-refractivity contribution in [3.05, 3.63) is 65.9 Å². The number of nitrogens with two attached hydrogens (primary N) is 1. The Hall–Kier alpha value is -4.37. The van der Waals surface area contributed by atoms with Crippen LogP contribution >= 0.6 is 11.6 Å². The van der Waals surface area contributed by atoms with Gasteiger partial charge in [0.25, 0.3) is 30.4 Å². The van der Waals surface area contributed by atoms with Gasteiger partial charge in [-0.3, -0.25) is 13.7 Å². The number of anilines is 3. The number of aromatic nitrogens is 3. The lowest BCUT2D eigenvalue weighted by atomic mass is 10.1. The zero-order valence-corrected chi connectivity index (χ0v) is 24.2. The van der Waals surface area contributed by atoms with E-state index in [0.717, 1.165) is 30.3 Å². The molecule has 0 fully saturated rings. The van der Waals surface area contributed by atoms with Gasteiger partial charge in [0.05, 0.1) is 16.3 Å². The van der Waals surface area contributed by atoms with Gasteiger partial charge in [-0.05, 0) is 54.1 Å². The van der Waals surface area contributed by atoms with E-state index in [9.17, 15) is 38.9 Å². The molecular formula is C23H16ClN7O9S3. The van der Waals surface area contributed by atoms with Crippen LogP contribution in [0.2, 0.25) is 5.28 Å². The molecule has 0 aliphatic carbocycles. The largest absolute Gasteiger partial charge is 0.368 e. The highest BCUT2D eigenvalue weighted by molar-refractivity contribution is 7.86. The highest BCUT2D eigenvalue weighted by Crippen LogP contribution is 2.37. The third-order valence-electron chi connectivity index (χ3n) is 5.87. The monoisotopic (exact) mass is 665 g/mol. The molecule has 16 nitrogen and oxygen atoms in total. The maximum Gasteiger partial charge on any atom is 0.295 e. The van der Waals surface area contributed by atoms with E-state index in [1.165, 1.54) is 30.3 Å². The third-order valence-corrected chi connectivity index (χ3v) is 8.69. The molecule has 222 valence electrons. The SMILES string of the molecule is Nc1nc(Cl)nc(Nc2ccc(/N=N\c3cc(S(=O)(=O)O)c4cccc(S(=O)(=O)O)c4c3)c3cc(S(=O)(=O)O)ccc23)n1. The average molecular weight is 666 g/mol. The fraction of sp³-hybridized carbons (Fsp3) is 0. The van der Waals surface area contributed by atoms with Crippen LogP contribution < -0.4 is 11.1 Å². The number of nitrogens with one attached hydrogen (secondary N) is 1. The van der Waals surface area contributed by atoms with E-state index in [2.05, 4.69) is 30.5 Å². The number of nitrogens with zero attached hydrogens (tertiary/aromatic N) is 5. The number of halogens is 1. The highest BCUT2D eigenvalue weighted by atomic mass is 35.5. The van der Waals surface area contributed by atoms with Gasteiger partial charge in [-0.2, -0.15) is 45.3 Å². The van der Waals surface area contributed by atoms with E-state index in [1.54, 1.807) is 0 Å². The first-order valence-electron chi connectivity index (χ1n) is 11.4. The molecule has 0 atom stereocenters. The Bertz CT molecular complexity index is 2310. The van der Waals surface area contributed by atoms with Crippen LogP contribution in [0.15, 0.2) is 85.6 Å². The van der Waals surface area contributed by atoms with Crippen molar-refractivity contribution in [3.63, 3.8) is 0 Å². The van der Waals surface area contributed by atoms with Crippen molar-refractivity contribution in [2.45, 2.75) is 14.7 Å². The van der Waals surface area contributed by atoms with Crippen LogP contribution in [0.3, 0.4) is 0 Å². The van der Waals surface area contributed by atoms with Gasteiger partial charge in [0.2, 0.25) is 17.2 Å². The van der Waals surface area contributed by atoms with Crippen molar-refractivity contribution < 1.29 is 38.9 Å². The summed E-state index contributed by atoms with van der Waals surface area (Å²) in [7, 11) is -14.4. The summed E-state index contributed by atoms with van der Waals surface area (Å²) in [6, 6.07) is 11.9. The molecule has 0 spiro atoms. The first-order chi connectivity index (χ1) is 20.0. The Morgan fingerprint density at radius 3 is 2.07 bits per heavy atom. The predicted molar refractivity (Wildman–Crippen MR) is 154 cm³/mol. The van der Waals surface area contributed by atoms with Gasteiger partial charge in [0.1, 0.15) is 9.79 Å². The van der Waals surface area contributed by atoms with Gasteiger partial charge in [-0.25, -0.2) is 0 Å². The van der Waals surface area contributed by atoms with Crippen LogP contribution in [0.5, 0.6) is 0 Å². The Labute approximate surface area is 247 Å². The molecule has 0 amide bonds. The number of nitrogen functional groups attached to an aromatic ring is 1. The fourth-order valence-corrected chi connectivity index (χ4v) is 6.22. The maximum absolute atomic E-state index is 12.1. The molecule has 20 heteroatoms. The second-order valence-corrected chi connectivity index (χ2v) is 13.2. The summed E-state index contributed by atoms with van der Waals surface area (Å²) in [6.45, 7) is 0. The van der Waals surface area contributed by atoms with Gasteiger partial charge in [0, 0.05) is 27.2 Å². The van der Waals surface area contributed by atoms with Gasteiger partial charge in [-0.15, -0.1) is 5.11 Å². The maximum atomic E-state index is 12.1. The number of rotatable bonds is 7. The lowest BCUT2D eigenvalue weighted by Gasteiger charge is -2.12. The number of benzene rings is 4. The second kappa shape index (κ2) is 10.7. The van der Waals surface area contributed by atoms with Crippen molar-refractivity contribution in [2.24, 2.45) is 10.2 Å². The van der Waals surface area contributed by atoms with E-state index in [1.807, 2.05) is 0 Å². The Morgan fingerprint density at radius 1 is 0.698 bits per heavy atom. The summed E-state index contributed by atoms with van der Waals surface area (Å²) >= 11 is 5.84. The van der Waals surface area contributed by atoms with Gasteiger partial charge < -0.3 is 11.1 Å². The lowest BCUT2D eigenvalue weighted by Crippen LogP contribution is -2.04. The summed E-state index contributed by atoms with van der Waals surface area (Å²) in [4.78, 5) is 9.65. The van der Waals surface area contributed by atoms with E-state index in [4.69, 9.17) is 17.3 Å². The third kappa shape index (κ3) is 6.37. The molecule has 0 unspecified atom stereocenters. The summed E-state index contributed by atoms with van der Waals surface area (Å²) in [5.41, 5.74) is 5.68. The smallest absolute Gasteiger partial charge is 0.295 e. The molecule has 0 radical (unpaired) electrons. The molecule has 1 heterocycles. The number of fused-ring (bicyclic) bond motifs is 2. The molecule has 43 heavy (non-hydrogen) atoms. The van der Waals surface area contributed by atoms with Crippen molar-refractivity contribution in [1.29, 1.82) is 0 Å². The van der Waals surface area contributed by atoms with E-state index < -0.39 is 45.0 Å². The van der Waals surface area contributed by atoms with Crippen LogP contribution in [-0.4, -0.2) is 53.9 Å². The molecule has 0 aliphatic rings. The minimum absolute atomic E-state index is 0.0100. The van der Waals surface area contributed by atoms with Gasteiger partial charge >= 0.3 is 0 Å². The second-order valence-electron chi connectivity index (χ2n) is 8.67. The van der Waals surface area contributed by atoms with Crippen molar-refractivity contribution >= 4 is 92.5 Å². The molecule has 0 saturated heterocycles. The van der Waals surface area contributed by atoms with Crippen molar-refractivity contribution in [2.75, 3.05) is 11.1 Å². The molecule has 5 aromatic rings. The number of hydrogen-bond acceptors (Lipinski definition) is 13. The molecule has 0 aliphatic heterocycles. The molecule has 6 N–H and O–H groups in total. The van der Waals surface area contributed by atoms with Crippen LogP contribution in [-0.2, 0) is 30.4 Å². The first kappa shape index (κ1) is 30.1. The zero-order valence-electron chi connectivity index (χ0n) is 21.0. The molecule has 0 saturated carbocycles. The topological polar surface area (TPSA) is 265 Å². The Morgan fingerprint density at radius 2 is 1.42 bits per heavy atom. The lowest BCUT2D eigenvalue weighted by molar-refractivity contribution is 0.481.